The highest BCUT2D eigenvalue weighted by molar-refractivity contribution is 7.92. The van der Waals surface area contributed by atoms with E-state index in [2.05, 4.69) is 10.0 Å². The van der Waals surface area contributed by atoms with Gasteiger partial charge in [-0.3, -0.25) is 9.52 Å². The van der Waals surface area contributed by atoms with Crippen molar-refractivity contribution in [3.05, 3.63) is 53.6 Å². The van der Waals surface area contributed by atoms with E-state index in [1.807, 2.05) is 19.1 Å². The van der Waals surface area contributed by atoms with Crippen LogP contribution in [0.1, 0.15) is 28.8 Å². The lowest BCUT2D eigenvalue weighted by Crippen LogP contribution is -2.31. The van der Waals surface area contributed by atoms with E-state index in [9.17, 15) is 13.2 Å². The van der Waals surface area contributed by atoms with Gasteiger partial charge in [-0.25, -0.2) is 8.42 Å². The molecule has 28 heavy (non-hydrogen) atoms. The first-order valence-corrected chi connectivity index (χ1v) is 10.5. The predicted molar refractivity (Wildman–Crippen MR) is 106 cm³/mol. The third kappa shape index (κ3) is 4.82. The molecule has 8 heteroatoms. The third-order valence-electron chi connectivity index (χ3n) is 4.53. The van der Waals surface area contributed by atoms with Gasteiger partial charge in [-0.15, -0.1) is 0 Å². The Morgan fingerprint density at radius 2 is 1.96 bits per heavy atom. The van der Waals surface area contributed by atoms with Gasteiger partial charge in [0.2, 0.25) is 0 Å². The molecular formula is C20H24N2O5S. The van der Waals surface area contributed by atoms with Crippen molar-refractivity contribution < 1.29 is 22.7 Å². The summed E-state index contributed by atoms with van der Waals surface area (Å²) in [6, 6.07) is 11.3. The first kappa shape index (κ1) is 20.2. The Morgan fingerprint density at radius 1 is 1.21 bits per heavy atom. The lowest BCUT2D eigenvalue weighted by atomic mass is 10.2. The molecule has 1 heterocycles. The number of hydrogen-bond acceptors (Lipinski definition) is 5. The van der Waals surface area contributed by atoms with Gasteiger partial charge in [-0.05, 0) is 50.1 Å². The van der Waals surface area contributed by atoms with E-state index in [1.54, 1.807) is 12.1 Å². The number of nitrogens with one attached hydrogen (secondary N) is 2. The normalized spacial score (nSPS) is 16.6. The maximum atomic E-state index is 12.9. The number of ether oxygens (including phenoxy) is 2. The average Bonchev–Trinajstić information content (AvgIpc) is 3.21. The van der Waals surface area contributed by atoms with E-state index in [-0.39, 0.29) is 28.2 Å². The number of carbonyl (C=O) groups is 1. The van der Waals surface area contributed by atoms with Crippen molar-refractivity contribution in [3.8, 4) is 5.75 Å². The standard InChI is InChI=1S/C20H24N2O5S/c1-14-5-8-16(9-6-14)22-28(24,25)19-12-15(7-10-18(19)26-2)20(23)21-13-17-4-3-11-27-17/h5-10,12,17,22H,3-4,11,13H2,1-2H3,(H,21,23)/t17-/m0/s1. The fourth-order valence-corrected chi connectivity index (χ4v) is 4.23. The molecule has 0 aromatic heterocycles. The van der Waals surface area contributed by atoms with E-state index in [0.29, 0.717) is 18.8 Å². The summed E-state index contributed by atoms with van der Waals surface area (Å²) in [6.07, 6.45) is 1.90. The van der Waals surface area contributed by atoms with Crippen LogP contribution in [0.5, 0.6) is 5.75 Å². The summed E-state index contributed by atoms with van der Waals surface area (Å²) in [6.45, 7) is 3.02. The molecule has 0 aliphatic carbocycles. The van der Waals surface area contributed by atoms with Crippen LogP contribution in [0, 0.1) is 6.92 Å². The van der Waals surface area contributed by atoms with Gasteiger partial charge in [0.1, 0.15) is 10.6 Å². The second-order valence-electron chi connectivity index (χ2n) is 6.68. The lowest BCUT2D eigenvalue weighted by Gasteiger charge is -2.14. The maximum absolute atomic E-state index is 12.9. The van der Waals surface area contributed by atoms with E-state index < -0.39 is 10.0 Å². The zero-order valence-electron chi connectivity index (χ0n) is 15.9. The summed E-state index contributed by atoms with van der Waals surface area (Å²) < 4.78 is 38.9. The van der Waals surface area contributed by atoms with Crippen molar-refractivity contribution in [1.82, 2.24) is 5.32 Å². The molecule has 3 rings (SSSR count). The van der Waals surface area contributed by atoms with E-state index in [0.717, 1.165) is 18.4 Å². The molecule has 150 valence electrons. The van der Waals surface area contributed by atoms with Crippen LogP contribution in [-0.4, -0.2) is 40.7 Å². The molecule has 7 nitrogen and oxygen atoms in total. The van der Waals surface area contributed by atoms with Crippen LogP contribution in [0.4, 0.5) is 5.69 Å². The minimum atomic E-state index is -3.94. The van der Waals surface area contributed by atoms with Crippen LogP contribution in [0.3, 0.4) is 0 Å². The molecule has 1 amide bonds. The van der Waals surface area contributed by atoms with Crippen LogP contribution < -0.4 is 14.8 Å². The van der Waals surface area contributed by atoms with E-state index in [1.165, 1.54) is 25.3 Å². The fourth-order valence-electron chi connectivity index (χ4n) is 2.97. The summed E-state index contributed by atoms with van der Waals surface area (Å²) in [7, 11) is -2.55. The minimum Gasteiger partial charge on any atom is -0.495 e. The van der Waals surface area contributed by atoms with Crippen LogP contribution in [0.15, 0.2) is 47.4 Å². The number of rotatable bonds is 7. The summed E-state index contributed by atoms with van der Waals surface area (Å²) in [5, 5.41) is 2.79. The largest absolute Gasteiger partial charge is 0.495 e. The number of carbonyl (C=O) groups excluding carboxylic acids is 1. The number of amides is 1. The molecule has 1 atom stereocenters. The van der Waals surface area contributed by atoms with Gasteiger partial charge in [0, 0.05) is 24.4 Å². The zero-order chi connectivity index (χ0) is 20.1. The van der Waals surface area contributed by atoms with E-state index in [4.69, 9.17) is 9.47 Å². The van der Waals surface area contributed by atoms with Crippen LogP contribution in [0.25, 0.3) is 0 Å². The molecule has 0 unspecified atom stereocenters. The van der Waals surface area contributed by atoms with Crippen molar-refractivity contribution >= 4 is 21.6 Å². The smallest absolute Gasteiger partial charge is 0.265 e. The van der Waals surface area contributed by atoms with E-state index >= 15 is 0 Å². The molecule has 2 N–H and O–H groups in total. The lowest BCUT2D eigenvalue weighted by molar-refractivity contribution is 0.0857. The quantitative estimate of drug-likeness (QED) is 0.740. The Morgan fingerprint density at radius 3 is 2.61 bits per heavy atom. The van der Waals surface area contributed by atoms with Gasteiger partial charge in [0.25, 0.3) is 15.9 Å². The number of hydrogen-bond donors (Lipinski definition) is 2. The highest BCUT2D eigenvalue weighted by atomic mass is 32.2. The number of benzene rings is 2. The summed E-state index contributed by atoms with van der Waals surface area (Å²) in [5.41, 5.74) is 1.69. The second-order valence-corrected chi connectivity index (χ2v) is 8.33. The third-order valence-corrected chi connectivity index (χ3v) is 5.94. The second kappa shape index (κ2) is 8.62. The average molecular weight is 404 g/mol. The van der Waals surface area contributed by atoms with Crippen LogP contribution in [-0.2, 0) is 14.8 Å². The van der Waals surface area contributed by atoms with Gasteiger partial charge in [0.05, 0.1) is 13.2 Å². The SMILES string of the molecule is COc1ccc(C(=O)NC[C@@H]2CCCO2)cc1S(=O)(=O)Nc1ccc(C)cc1. The van der Waals surface area contributed by atoms with Crippen molar-refractivity contribution in [2.45, 2.75) is 30.8 Å². The molecule has 0 spiro atoms. The van der Waals surface area contributed by atoms with Crippen LogP contribution >= 0.6 is 0 Å². The first-order chi connectivity index (χ1) is 13.4. The first-order valence-electron chi connectivity index (χ1n) is 9.06. The zero-order valence-corrected chi connectivity index (χ0v) is 16.7. The Kier molecular flexibility index (Phi) is 6.21. The Bertz CT molecular complexity index is 936. The summed E-state index contributed by atoms with van der Waals surface area (Å²) in [4.78, 5) is 12.4. The van der Waals surface area contributed by atoms with Gasteiger partial charge < -0.3 is 14.8 Å². The predicted octanol–water partition coefficient (Wildman–Crippen LogP) is 2.71. The van der Waals surface area contributed by atoms with Gasteiger partial charge in [-0.2, -0.15) is 0 Å². The molecule has 0 bridgehead atoms. The molecular weight excluding hydrogens is 380 g/mol. The number of methoxy groups -OCH3 is 1. The molecule has 2 aromatic rings. The molecule has 0 saturated carbocycles. The monoisotopic (exact) mass is 404 g/mol. The van der Waals surface area contributed by atoms with Crippen molar-refractivity contribution in [1.29, 1.82) is 0 Å². The fraction of sp³-hybridized carbons (Fsp3) is 0.350. The molecule has 1 aliphatic heterocycles. The van der Waals surface area contributed by atoms with Crippen molar-refractivity contribution in [2.24, 2.45) is 0 Å². The Balaban J connectivity index is 1.81. The minimum absolute atomic E-state index is 0.00797. The molecule has 0 radical (unpaired) electrons. The van der Waals surface area contributed by atoms with Gasteiger partial charge >= 0.3 is 0 Å². The maximum Gasteiger partial charge on any atom is 0.265 e. The van der Waals surface area contributed by atoms with Gasteiger partial charge in [0.15, 0.2) is 0 Å². The topological polar surface area (TPSA) is 93.7 Å². The number of sulfonamides is 1. The molecule has 2 aromatic carbocycles. The number of anilines is 1. The highest BCUT2D eigenvalue weighted by Crippen LogP contribution is 2.27. The van der Waals surface area contributed by atoms with Gasteiger partial charge in [-0.1, -0.05) is 17.7 Å². The Hall–Kier alpha value is -2.58. The van der Waals surface area contributed by atoms with Crippen LogP contribution in [0.2, 0.25) is 0 Å². The Labute approximate surface area is 165 Å². The molecule has 1 aliphatic rings. The van der Waals surface area contributed by atoms with Crippen molar-refractivity contribution in [2.75, 3.05) is 25.0 Å². The number of aryl methyl sites for hydroxylation is 1. The molecule has 1 saturated heterocycles. The summed E-state index contributed by atoms with van der Waals surface area (Å²) in [5.74, 6) is -0.194. The molecule has 1 fully saturated rings. The highest BCUT2D eigenvalue weighted by Gasteiger charge is 2.23. The summed E-state index contributed by atoms with van der Waals surface area (Å²) >= 11 is 0. The van der Waals surface area contributed by atoms with Crippen molar-refractivity contribution in [3.63, 3.8) is 0 Å².